The first-order valence-corrected chi connectivity index (χ1v) is 7.47. The van der Waals surface area contributed by atoms with E-state index in [1.165, 1.54) is 31.4 Å². The van der Waals surface area contributed by atoms with Crippen molar-refractivity contribution in [1.82, 2.24) is 0 Å². The summed E-state index contributed by atoms with van der Waals surface area (Å²) < 4.78 is 18.7. The Morgan fingerprint density at radius 2 is 1.92 bits per heavy atom. The number of ether oxygens (including phenoxy) is 1. The minimum atomic E-state index is -1.06. The predicted octanol–water partition coefficient (Wildman–Crippen LogP) is 4.19. The maximum absolute atomic E-state index is 13.8. The molecule has 128 valence electrons. The van der Waals surface area contributed by atoms with Crippen molar-refractivity contribution in [3.63, 3.8) is 0 Å². The van der Waals surface area contributed by atoms with E-state index in [4.69, 9.17) is 27.9 Å². The average molecular weight is 375 g/mol. The Morgan fingerprint density at radius 3 is 2.46 bits per heavy atom. The maximum atomic E-state index is 13.8. The highest BCUT2D eigenvalue weighted by molar-refractivity contribution is 6.34. The standard InChI is InChI=1S/C15H13Cl2FN2O4/c1-24-11-5-12(18)15(20(22)23)13(6-11)19-7-14(21)8-2-9(16)4-10(17)3-8/h2-6,14,19,21H,7H2,1H3. The lowest BCUT2D eigenvalue weighted by Crippen LogP contribution is -2.13. The summed E-state index contributed by atoms with van der Waals surface area (Å²) in [5, 5.41) is 24.5. The quantitative estimate of drug-likeness (QED) is 0.584. The molecule has 0 amide bonds. The second kappa shape index (κ2) is 7.65. The van der Waals surface area contributed by atoms with Crippen LogP contribution < -0.4 is 10.1 Å². The van der Waals surface area contributed by atoms with Gasteiger partial charge in [-0.3, -0.25) is 10.1 Å². The first-order valence-electron chi connectivity index (χ1n) is 6.71. The molecule has 0 spiro atoms. The van der Waals surface area contributed by atoms with Crippen LogP contribution in [0, 0.1) is 15.9 Å². The normalized spacial score (nSPS) is 11.9. The molecule has 2 N–H and O–H groups in total. The number of hydrogen-bond acceptors (Lipinski definition) is 5. The van der Waals surface area contributed by atoms with Gasteiger partial charge in [0.2, 0.25) is 5.82 Å². The molecule has 0 saturated heterocycles. The molecule has 0 aliphatic heterocycles. The molecular formula is C15H13Cl2FN2O4. The van der Waals surface area contributed by atoms with E-state index in [9.17, 15) is 19.6 Å². The maximum Gasteiger partial charge on any atom is 0.327 e. The monoisotopic (exact) mass is 374 g/mol. The summed E-state index contributed by atoms with van der Waals surface area (Å²) in [5.41, 5.74) is -0.415. The molecule has 0 saturated carbocycles. The summed E-state index contributed by atoms with van der Waals surface area (Å²) in [7, 11) is 1.31. The lowest BCUT2D eigenvalue weighted by Gasteiger charge is -2.15. The number of nitro groups is 1. The molecule has 0 aliphatic rings. The molecule has 0 bridgehead atoms. The number of nitro benzene ring substituents is 1. The lowest BCUT2D eigenvalue weighted by molar-refractivity contribution is -0.386. The van der Waals surface area contributed by atoms with Gasteiger partial charge in [0.1, 0.15) is 11.4 Å². The zero-order valence-corrected chi connectivity index (χ0v) is 13.9. The topological polar surface area (TPSA) is 84.6 Å². The molecule has 2 aromatic carbocycles. The lowest BCUT2D eigenvalue weighted by atomic mass is 10.1. The number of nitrogens with one attached hydrogen (secondary N) is 1. The van der Waals surface area contributed by atoms with Gasteiger partial charge >= 0.3 is 5.69 Å². The summed E-state index contributed by atoms with van der Waals surface area (Å²) in [6, 6.07) is 6.73. The molecule has 0 radical (unpaired) electrons. The average Bonchev–Trinajstić information content (AvgIpc) is 2.50. The third-order valence-electron chi connectivity index (χ3n) is 3.21. The third-order valence-corrected chi connectivity index (χ3v) is 3.65. The summed E-state index contributed by atoms with van der Waals surface area (Å²) in [6.45, 7) is -0.121. The van der Waals surface area contributed by atoms with Crippen LogP contribution in [0.25, 0.3) is 0 Å². The highest BCUT2D eigenvalue weighted by atomic mass is 35.5. The van der Waals surface area contributed by atoms with E-state index in [2.05, 4.69) is 5.32 Å². The van der Waals surface area contributed by atoms with Crippen molar-refractivity contribution in [2.24, 2.45) is 0 Å². The molecule has 0 aliphatic carbocycles. The molecule has 2 rings (SSSR count). The summed E-state index contributed by atoms with van der Waals surface area (Å²) in [4.78, 5) is 10.2. The Labute approximate surface area is 146 Å². The molecular weight excluding hydrogens is 362 g/mol. The zero-order chi connectivity index (χ0) is 17.9. The second-order valence-corrected chi connectivity index (χ2v) is 5.73. The smallest absolute Gasteiger partial charge is 0.327 e. The van der Waals surface area contributed by atoms with Crippen LogP contribution in [0.5, 0.6) is 5.75 Å². The van der Waals surface area contributed by atoms with Gasteiger partial charge in [-0.1, -0.05) is 23.2 Å². The van der Waals surface area contributed by atoms with Crippen LogP contribution in [-0.2, 0) is 0 Å². The number of aliphatic hydroxyl groups is 1. The molecule has 24 heavy (non-hydrogen) atoms. The van der Waals surface area contributed by atoms with Gasteiger partial charge in [-0.15, -0.1) is 0 Å². The van der Waals surface area contributed by atoms with Gasteiger partial charge in [-0.05, 0) is 23.8 Å². The number of halogens is 3. The number of aliphatic hydroxyl groups excluding tert-OH is 1. The van der Waals surface area contributed by atoms with Crippen molar-refractivity contribution in [1.29, 1.82) is 0 Å². The van der Waals surface area contributed by atoms with E-state index < -0.39 is 22.5 Å². The Bertz CT molecular complexity index is 753. The van der Waals surface area contributed by atoms with Crippen molar-refractivity contribution in [2.75, 3.05) is 19.0 Å². The predicted molar refractivity (Wildman–Crippen MR) is 89.5 cm³/mol. The van der Waals surface area contributed by atoms with Crippen molar-refractivity contribution in [2.45, 2.75) is 6.10 Å². The van der Waals surface area contributed by atoms with Crippen LogP contribution >= 0.6 is 23.2 Å². The molecule has 9 heteroatoms. The van der Waals surface area contributed by atoms with Crippen molar-refractivity contribution < 1.29 is 19.2 Å². The Hall–Kier alpha value is -2.09. The van der Waals surface area contributed by atoms with Crippen LogP contribution in [0.3, 0.4) is 0 Å². The Morgan fingerprint density at radius 1 is 1.29 bits per heavy atom. The Balaban J connectivity index is 2.24. The number of anilines is 1. The molecule has 1 unspecified atom stereocenters. The fourth-order valence-electron chi connectivity index (χ4n) is 2.10. The van der Waals surface area contributed by atoms with Crippen molar-refractivity contribution in [3.05, 3.63) is 61.9 Å². The van der Waals surface area contributed by atoms with E-state index in [0.29, 0.717) is 15.6 Å². The van der Waals surface area contributed by atoms with E-state index in [-0.39, 0.29) is 18.0 Å². The van der Waals surface area contributed by atoms with E-state index in [1.807, 2.05) is 0 Å². The van der Waals surface area contributed by atoms with Gasteiger partial charge in [0.15, 0.2) is 0 Å². The van der Waals surface area contributed by atoms with E-state index in [0.717, 1.165) is 6.07 Å². The second-order valence-electron chi connectivity index (χ2n) is 4.86. The molecule has 0 aromatic heterocycles. The minimum absolute atomic E-state index is 0.107. The number of methoxy groups -OCH3 is 1. The number of benzene rings is 2. The van der Waals surface area contributed by atoms with Gasteiger partial charge < -0.3 is 15.2 Å². The number of nitrogens with zero attached hydrogens (tertiary/aromatic N) is 1. The van der Waals surface area contributed by atoms with E-state index >= 15 is 0 Å². The van der Waals surface area contributed by atoms with Crippen molar-refractivity contribution >= 4 is 34.6 Å². The largest absolute Gasteiger partial charge is 0.497 e. The highest BCUT2D eigenvalue weighted by Gasteiger charge is 2.23. The number of rotatable bonds is 6. The molecule has 1 atom stereocenters. The first kappa shape index (κ1) is 18.3. The highest BCUT2D eigenvalue weighted by Crippen LogP contribution is 2.33. The van der Waals surface area contributed by atoms with Crippen LogP contribution in [0.4, 0.5) is 15.8 Å². The summed E-state index contributed by atoms with van der Waals surface area (Å²) in [5.74, 6) is -0.928. The molecule has 6 nitrogen and oxygen atoms in total. The molecule has 0 heterocycles. The first-order chi connectivity index (χ1) is 11.3. The molecule has 2 aromatic rings. The van der Waals surface area contributed by atoms with Crippen LogP contribution in [0.2, 0.25) is 10.0 Å². The van der Waals surface area contributed by atoms with Gasteiger partial charge in [-0.25, -0.2) is 0 Å². The Kier molecular flexibility index (Phi) is 5.82. The van der Waals surface area contributed by atoms with E-state index in [1.54, 1.807) is 0 Å². The minimum Gasteiger partial charge on any atom is -0.497 e. The van der Waals surface area contributed by atoms with Crippen LogP contribution in [-0.4, -0.2) is 23.7 Å². The van der Waals surface area contributed by atoms with Gasteiger partial charge in [0.05, 0.1) is 18.1 Å². The third kappa shape index (κ3) is 4.25. The summed E-state index contributed by atoms with van der Waals surface area (Å²) >= 11 is 11.7. The van der Waals surface area contributed by atoms with Crippen molar-refractivity contribution in [3.8, 4) is 5.75 Å². The zero-order valence-electron chi connectivity index (χ0n) is 12.4. The van der Waals surface area contributed by atoms with Crippen LogP contribution in [0.1, 0.15) is 11.7 Å². The van der Waals surface area contributed by atoms with Gasteiger partial charge in [0, 0.05) is 28.7 Å². The molecule has 0 fully saturated rings. The van der Waals surface area contributed by atoms with Gasteiger partial charge in [-0.2, -0.15) is 4.39 Å². The summed E-state index contributed by atoms with van der Waals surface area (Å²) in [6.07, 6.45) is -1.06. The fraction of sp³-hybridized carbons (Fsp3) is 0.200. The fourth-order valence-corrected chi connectivity index (χ4v) is 2.65. The van der Waals surface area contributed by atoms with Gasteiger partial charge in [0.25, 0.3) is 0 Å². The van der Waals surface area contributed by atoms with Crippen LogP contribution in [0.15, 0.2) is 30.3 Å². The SMILES string of the molecule is COc1cc(F)c([N+](=O)[O-])c(NCC(O)c2cc(Cl)cc(Cl)c2)c1. The number of hydrogen-bond donors (Lipinski definition) is 2.